The molecule has 0 aromatic carbocycles. The van der Waals surface area contributed by atoms with Crippen molar-refractivity contribution in [2.45, 2.75) is 19.8 Å². The third-order valence-corrected chi connectivity index (χ3v) is 6.63. The van der Waals surface area contributed by atoms with Crippen LogP contribution in [0.2, 0.25) is 0 Å². The highest BCUT2D eigenvalue weighted by molar-refractivity contribution is 7.89. The minimum Gasteiger partial charge on any atom is -0.378 e. The fourth-order valence-corrected chi connectivity index (χ4v) is 4.39. The van der Waals surface area contributed by atoms with Gasteiger partial charge in [0, 0.05) is 52.3 Å². The van der Waals surface area contributed by atoms with Gasteiger partial charge >= 0.3 is 0 Å². The van der Waals surface area contributed by atoms with E-state index in [0.29, 0.717) is 39.1 Å². The highest BCUT2D eigenvalue weighted by atomic mass is 32.2. The van der Waals surface area contributed by atoms with Crippen LogP contribution < -0.4 is 9.80 Å². The van der Waals surface area contributed by atoms with Crippen molar-refractivity contribution in [1.29, 1.82) is 0 Å². The highest BCUT2D eigenvalue weighted by Crippen LogP contribution is 2.27. The van der Waals surface area contributed by atoms with E-state index in [1.807, 2.05) is 19.0 Å². The van der Waals surface area contributed by atoms with Gasteiger partial charge in [-0.15, -0.1) is 0 Å². The Kier molecular flexibility index (Phi) is 5.45. The molecule has 0 bridgehead atoms. The summed E-state index contributed by atoms with van der Waals surface area (Å²) in [5.41, 5.74) is 2.03. The molecule has 3 rings (SSSR count). The van der Waals surface area contributed by atoms with Gasteiger partial charge in [-0.3, -0.25) is 0 Å². The predicted molar refractivity (Wildman–Crippen MR) is 97.8 cm³/mol. The van der Waals surface area contributed by atoms with Crippen LogP contribution in [0.25, 0.3) is 0 Å². The molecule has 0 spiro atoms. The quantitative estimate of drug-likeness (QED) is 0.746. The fourth-order valence-electron chi connectivity index (χ4n) is 3.28. The van der Waals surface area contributed by atoms with Crippen molar-refractivity contribution in [3.05, 3.63) is 11.3 Å². The number of nitrogens with zero attached hydrogens (tertiary/aromatic N) is 5. The van der Waals surface area contributed by atoms with Crippen LogP contribution in [0.5, 0.6) is 0 Å². The number of anilines is 2. The lowest BCUT2D eigenvalue weighted by molar-refractivity contribution is 0.122. The molecule has 1 aromatic rings. The number of morpholine rings is 1. The summed E-state index contributed by atoms with van der Waals surface area (Å²) in [5, 5.41) is 0. The number of sulfonamides is 1. The SMILES string of the molecule is CCS(=O)(=O)N1CCc2nc(N3CCOCC3)nc(N(C)C)c2CC1. The van der Waals surface area contributed by atoms with Crippen LogP contribution in [0.4, 0.5) is 11.8 Å². The van der Waals surface area contributed by atoms with Crippen molar-refractivity contribution in [2.75, 3.05) is 69.0 Å². The van der Waals surface area contributed by atoms with Crippen molar-refractivity contribution < 1.29 is 13.2 Å². The van der Waals surface area contributed by atoms with Crippen molar-refractivity contribution in [3.8, 4) is 0 Å². The topological polar surface area (TPSA) is 78.9 Å². The van der Waals surface area contributed by atoms with Gasteiger partial charge in [-0.1, -0.05) is 0 Å². The normalized spacial score (nSPS) is 19.4. The molecule has 1 fully saturated rings. The van der Waals surface area contributed by atoms with Gasteiger partial charge in [-0.05, 0) is 13.3 Å². The van der Waals surface area contributed by atoms with Gasteiger partial charge in [0.15, 0.2) is 0 Å². The van der Waals surface area contributed by atoms with E-state index in [2.05, 4.69) is 4.90 Å². The van der Waals surface area contributed by atoms with E-state index < -0.39 is 10.0 Å². The standard InChI is InChI=1S/C16H27N5O3S/c1-4-25(22,23)21-7-5-13-14(6-8-21)17-16(18-15(13)19(2)3)20-9-11-24-12-10-20/h4-12H2,1-3H3. The van der Waals surface area contributed by atoms with E-state index in [1.165, 1.54) is 0 Å². The van der Waals surface area contributed by atoms with Crippen LogP contribution >= 0.6 is 0 Å². The monoisotopic (exact) mass is 369 g/mol. The van der Waals surface area contributed by atoms with E-state index in [1.54, 1.807) is 11.2 Å². The molecular weight excluding hydrogens is 342 g/mol. The second-order valence-electron chi connectivity index (χ2n) is 6.57. The van der Waals surface area contributed by atoms with Crippen LogP contribution in [0.3, 0.4) is 0 Å². The van der Waals surface area contributed by atoms with E-state index in [4.69, 9.17) is 14.7 Å². The van der Waals surface area contributed by atoms with Crippen LogP contribution in [0, 0.1) is 0 Å². The summed E-state index contributed by atoms with van der Waals surface area (Å²) >= 11 is 0. The summed E-state index contributed by atoms with van der Waals surface area (Å²) in [6, 6.07) is 0. The first kappa shape index (κ1) is 18.3. The first-order valence-corrected chi connectivity index (χ1v) is 10.4. The van der Waals surface area contributed by atoms with Gasteiger partial charge < -0.3 is 14.5 Å². The van der Waals surface area contributed by atoms with E-state index >= 15 is 0 Å². The maximum absolute atomic E-state index is 12.2. The molecule has 0 radical (unpaired) electrons. The molecule has 1 aromatic heterocycles. The van der Waals surface area contributed by atoms with Crippen molar-refractivity contribution in [2.24, 2.45) is 0 Å². The number of hydrogen-bond donors (Lipinski definition) is 0. The summed E-state index contributed by atoms with van der Waals surface area (Å²) in [7, 11) is 0.757. The lowest BCUT2D eigenvalue weighted by atomic mass is 10.1. The smallest absolute Gasteiger partial charge is 0.227 e. The Hall–Kier alpha value is -1.45. The summed E-state index contributed by atoms with van der Waals surface area (Å²) in [6.45, 7) is 5.58. The maximum atomic E-state index is 12.2. The first-order chi connectivity index (χ1) is 11.9. The molecule has 9 heteroatoms. The molecule has 25 heavy (non-hydrogen) atoms. The molecule has 1 saturated heterocycles. The highest BCUT2D eigenvalue weighted by Gasteiger charge is 2.27. The number of ether oxygens (including phenoxy) is 1. The minimum atomic E-state index is -3.18. The van der Waals surface area contributed by atoms with Gasteiger partial charge in [0.2, 0.25) is 16.0 Å². The molecule has 0 N–H and O–H groups in total. The molecule has 140 valence electrons. The minimum absolute atomic E-state index is 0.134. The molecule has 3 heterocycles. The number of aromatic nitrogens is 2. The van der Waals surface area contributed by atoms with Crippen LogP contribution in [0.15, 0.2) is 0 Å². The fraction of sp³-hybridized carbons (Fsp3) is 0.750. The Labute approximate surface area is 149 Å². The summed E-state index contributed by atoms with van der Waals surface area (Å²) in [6.07, 6.45) is 1.26. The van der Waals surface area contributed by atoms with Crippen molar-refractivity contribution >= 4 is 21.8 Å². The molecule has 0 saturated carbocycles. The van der Waals surface area contributed by atoms with Crippen molar-refractivity contribution in [3.63, 3.8) is 0 Å². The Morgan fingerprint density at radius 3 is 2.40 bits per heavy atom. The largest absolute Gasteiger partial charge is 0.378 e. The Bertz CT molecular complexity index is 717. The van der Waals surface area contributed by atoms with E-state index in [9.17, 15) is 8.42 Å². The second-order valence-corrected chi connectivity index (χ2v) is 8.82. The third-order valence-electron chi connectivity index (χ3n) is 4.74. The van der Waals surface area contributed by atoms with Crippen molar-refractivity contribution in [1.82, 2.24) is 14.3 Å². The van der Waals surface area contributed by atoms with Crippen LogP contribution in [0.1, 0.15) is 18.2 Å². The molecule has 2 aliphatic rings. The van der Waals surface area contributed by atoms with E-state index in [0.717, 1.165) is 36.1 Å². The average Bonchev–Trinajstić information content (AvgIpc) is 2.84. The predicted octanol–water partition coefficient (Wildman–Crippen LogP) is 0.130. The molecular formula is C16H27N5O3S. The number of hydrogen-bond acceptors (Lipinski definition) is 7. The lowest BCUT2D eigenvalue weighted by Gasteiger charge is -2.28. The van der Waals surface area contributed by atoms with Gasteiger partial charge in [0.1, 0.15) is 5.82 Å². The zero-order valence-electron chi connectivity index (χ0n) is 15.2. The molecule has 0 aliphatic carbocycles. The Morgan fingerprint density at radius 2 is 1.76 bits per heavy atom. The zero-order valence-corrected chi connectivity index (χ0v) is 16.0. The van der Waals surface area contributed by atoms with Gasteiger partial charge in [0.25, 0.3) is 0 Å². The summed E-state index contributed by atoms with van der Waals surface area (Å²) in [5.74, 6) is 1.74. The van der Waals surface area contributed by atoms with Crippen LogP contribution in [-0.2, 0) is 27.6 Å². The second kappa shape index (κ2) is 7.43. The molecule has 2 aliphatic heterocycles. The third kappa shape index (κ3) is 3.88. The zero-order chi connectivity index (χ0) is 18.0. The van der Waals surface area contributed by atoms with Gasteiger partial charge in [0.05, 0.1) is 24.7 Å². The molecule has 0 atom stereocenters. The van der Waals surface area contributed by atoms with Gasteiger partial charge in [-0.2, -0.15) is 4.98 Å². The van der Waals surface area contributed by atoms with Crippen LogP contribution in [-0.4, -0.2) is 81.9 Å². The van der Waals surface area contributed by atoms with E-state index in [-0.39, 0.29) is 5.75 Å². The Morgan fingerprint density at radius 1 is 1.08 bits per heavy atom. The Balaban J connectivity index is 1.94. The lowest BCUT2D eigenvalue weighted by Crippen LogP contribution is -2.38. The van der Waals surface area contributed by atoms with Gasteiger partial charge in [-0.25, -0.2) is 17.7 Å². The molecule has 0 unspecified atom stereocenters. The average molecular weight is 369 g/mol. The summed E-state index contributed by atoms with van der Waals surface area (Å²) < 4.78 is 31.5. The number of fused-ring (bicyclic) bond motifs is 1. The maximum Gasteiger partial charge on any atom is 0.227 e. The molecule has 0 amide bonds. The number of rotatable bonds is 4. The first-order valence-electron chi connectivity index (χ1n) is 8.80. The molecule has 8 nitrogen and oxygen atoms in total. The summed E-state index contributed by atoms with van der Waals surface area (Å²) in [4.78, 5) is 13.7.